The fraction of sp³-hybridized carbons (Fsp3) is 0.500. The van der Waals surface area contributed by atoms with Gasteiger partial charge in [-0.15, -0.1) is 0 Å². The lowest BCUT2D eigenvalue weighted by molar-refractivity contribution is -0.134. The van der Waals surface area contributed by atoms with Crippen LogP contribution in [0.3, 0.4) is 0 Å². The molecule has 1 N–H and O–H groups in total. The summed E-state index contributed by atoms with van der Waals surface area (Å²) >= 11 is 3.14. The van der Waals surface area contributed by atoms with Crippen LogP contribution >= 0.6 is 15.9 Å². The molecular formula is C12H16BrF3N2O2S. The lowest BCUT2D eigenvalue weighted by Gasteiger charge is -2.20. The molecule has 21 heavy (non-hydrogen) atoms. The van der Waals surface area contributed by atoms with Crippen molar-refractivity contribution in [2.75, 3.05) is 20.6 Å². The number of hydrogen-bond donors (Lipinski definition) is 1. The van der Waals surface area contributed by atoms with Gasteiger partial charge in [0.15, 0.2) is 0 Å². The van der Waals surface area contributed by atoms with Crippen LogP contribution in [-0.2, 0) is 16.6 Å². The fourth-order valence-corrected chi connectivity index (χ4v) is 3.99. The Morgan fingerprint density at radius 2 is 1.90 bits per heavy atom. The second-order valence-corrected chi connectivity index (χ2v) is 7.44. The maximum Gasteiger partial charge on any atom is 0.402 e. The Labute approximate surface area is 130 Å². The van der Waals surface area contributed by atoms with Gasteiger partial charge >= 0.3 is 6.18 Å². The monoisotopic (exact) mass is 388 g/mol. The Hall–Kier alpha value is -0.640. The Kier molecular flexibility index (Phi) is 5.82. The van der Waals surface area contributed by atoms with E-state index in [-0.39, 0.29) is 9.37 Å². The highest BCUT2D eigenvalue weighted by Gasteiger charge is 2.35. The fourth-order valence-electron chi connectivity index (χ4n) is 1.81. The van der Waals surface area contributed by atoms with Crippen molar-refractivity contribution < 1.29 is 21.6 Å². The molecule has 0 aliphatic heterocycles. The Bertz CT molecular complexity index is 618. The van der Waals surface area contributed by atoms with Crippen LogP contribution in [0.4, 0.5) is 13.2 Å². The summed E-state index contributed by atoms with van der Waals surface area (Å²) in [5.74, 6) is 0. The van der Waals surface area contributed by atoms with Crippen molar-refractivity contribution in [3.8, 4) is 0 Å². The summed E-state index contributed by atoms with van der Waals surface area (Å²) in [6.07, 6.45) is -4.59. The third-order valence-corrected chi connectivity index (χ3v) is 5.89. The van der Waals surface area contributed by atoms with Crippen LogP contribution in [0.5, 0.6) is 0 Å². The van der Waals surface area contributed by atoms with Crippen molar-refractivity contribution in [2.24, 2.45) is 0 Å². The normalized spacial score (nSPS) is 13.0. The summed E-state index contributed by atoms with van der Waals surface area (Å²) < 4.78 is 62.4. The van der Waals surface area contributed by atoms with E-state index in [9.17, 15) is 21.6 Å². The van der Waals surface area contributed by atoms with Crippen LogP contribution in [0.25, 0.3) is 0 Å². The molecule has 4 nitrogen and oxygen atoms in total. The molecular weight excluding hydrogens is 373 g/mol. The summed E-state index contributed by atoms with van der Waals surface area (Å²) in [6.45, 7) is 0.572. The number of benzene rings is 1. The van der Waals surface area contributed by atoms with E-state index in [2.05, 4.69) is 21.2 Å². The van der Waals surface area contributed by atoms with Crippen molar-refractivity contribution in [1.82, 2.24) is 9.62 Å². The quantitative estimate of drug-likeness (QED) is 0.843. The minimum atomic E-state index is -4.59. The number of nitrogens with one attached hydrogen (secondary N) is 1. The van der Waals surface area contributed by atoms with Gasteiger partial charge in [0, 0.05) is 18.1 Å². The molecule has 0 heterocycles. The summed E-state index contributed by atoms with van der Waals surface area (Å²) in [4.78, 5) is -0.167. The standard InChI is InChI=1S/C12H16BrF3N2O2S/c1-8-4-9(6-17-2)5-10(11(8)13)21(19,20)18(3)7-12(14,15)16/h4-5,17H,6-7H2,1-3H3. The minimum Gasteiger partial charge on any atom is -0.316 e. The van der Waals surface area contributed by atoms with Crippen LogP contribution in [0.15, 0.2) is 21.5 Å². The molecule has 120 valence electrons. The van der Waals surface area contributed by atoms with Gasteiger partial charge in [0.05, 0.1) is 4.90 Å². The first-order chi connectivity index (χ1) is 9.49. The zero-order valence-electron chi connectivity index (χ0n) is 11.8. The molecule has 0 aliphatic carbocycles. The topological polar surface area (TPSA) is 49.4 Å². The number of halogens is 4. The number of sulfonamides is 1. The van der Waals surface area contributed by atoms with Crippen molar-refractivity contribution >= 4 is 26.0 Å². The maximum atomic E-state index is 12.4. The van der Waals surface area contributed by atoms with E-state index in [1.807, 2.05) is 0 Å². The minimum absolute atomic E-state index is 0.167. The molecule has 0 amide bonds. The predicted molar refractivity (Wildman–Crippen MR) is 77.5 cm³/mol. The first-order valence-corrected chi connectivity index (χ1v) is 8.19. The molecule has 0 aliphatic rings. The Balaban J connectivity index is 3.30. The smallest absolute Gasteiger partial charge is 0.316 e. The van der Waals surface area contributed by atoms with Gasteiger partial charge in [0.1, 0.15) is 6.54 Å². The lowest BCUT2D eigenvalue weighted by atomic mass is 10.1. The van der Waals surface area contributed by atoms with Gasteiger partial charge in [-0.1, -0.05) is 6.07 Å². The Morgan fingerprint density at radius 1 is 1.33 bits per heavy atom. The molecule has 0 fully saturated rings. The van der Waals surface area contributed by atoms with E-state index in [4.69, 9.17) is 0 Å². The molecule has 1 aromatic rings. The van der Waals surface area contributed by atoms with Gasteiger partial charge in [-0.05, 0) is 47.1 Å². The highest BCUT2D eigenvalue weighted by Crippen LogP contribution is 2.30. The van der Waals surface area contributed by atoms with Crippen LogP contribution in [0.1, 0.15) is 11.1 Å². The van der Waals surface area contributed by atoms with E-state index in [0.717, 1.165) is 7.05 Å². The average molecular weight is 389 g/mol. The van der Waals surface area contributed by atoms with Crippen LogP contribution in [-0.4, -0.2) is 39.5 Å². The molecule has 0 unspecified atom stereocenters. The van der Waals surface area contributed by atoms with E-state index in [1.165, 1.54) is 6.07 Å². The van der Waals surface area contributed by atoms with Crippen LogP contribution in [0, 0.1) is 6.92 Å². The van der Waals surface area contributed by atoms with Crippen molar-refractivity contribution in [2.45, 2.75) is 24.5 Å². The number of rotatable bonds is 5. The molecule has 1 rings (SSSR count). The predicted octanol–water partition coefficient (Wildman–Crippen LogP) is 2.66. The van der Waals surface area contributed by atoms with Gasteiger partial charge < -0.3 is 5.32 Å². The molecule has 0 bridgehead atoms. The third kappa shape index (κ3) is 4.67. The van der Waals surface area contributed by atoms with E-state index in [0.29, 0.717) is 22.0 Å². The molecule has 0 saturated carbocycles. The number of nitrogens with zero attached hydrogens (tertiary/aromatic N) is 1. The molecule has 0 saturated heterocycles. The molecule has 0 spiro atoms. The lowest BCUT2D eigenvalue weighted by Crippen LogP contribution is -2.36. The summed E-state index contributed by atoms with van der Waals surface area (Å²) in [7, 11) is -1.62. The highest BCUT2D eigenvalue weighted by molar-refractivity contribution is 9.10. The van der Waals surface area contributed by atoms with Gasteiger partial charge in [0.25, 0.3) is 0 Å². The van der Waals surface area contributed by atoms with Gasteiger partial charge in [0.2, 0.25) is 10.0 Å². The molecule has 0 radical (unpaired) electrons. The van der Waals surface area contributed by atoms with Crippen molar-refractivity contribution in [3.05, 3.63) is 27.7 Å². The van der Waals surface area contributed by atoms with E-state index in [1.54, 1.807) is 20.0 Å². The van der Waals surface area contributed by atoms with Gasteiger partial charge in [-0.3, -0.25) is 0 Å². The number of alkyl halides is 3. The largest absolute Gasteiger partial charge is 0.402 e. The van der Waals surface area contributed by atoms with Gasteiger partial charge in [-0.2, -0.15) is 17.5 Å². The van der Waals surface area contributed by atoms with Crippen molar-refractivity contribution in [1.29, 1.82) is 0 Å². The second-order valence-electron chi connectivity index (χ2n) is 4.63. The second kappa shape index (κ2) is 6.64. The number of hydrogen-bond acceptors (Lipinski definition) is 3. The van der Waals surface area contributed by atoms with Crippen LogP contribution < -0.4 is 5.32 Å². The zero-order valence-corrected chi connectivity index (χ0v) is 14.2. The summed E-state index contributed by atoms with van der Waals surface area (Å²) in [5.41, 5.74) is 1.32. The average Bonchev–Trinajstić information content (AvgIpc) is 2.31. The highest BCUT2D eigenvalue weighted by atomic mass is 79.9. The third-order valence-electron chi connectivity index (χ3n) is 2.75. The van der Waals surface area contributed by atoms with E-state index < -0.39 is 22.7 Å². The summed E-state index contributed by atoms with van der Waals surface area (Å²) in [6, 6.07) is 3.14. The first-order valence-electron chi connectivity index (χ1n) is 5.95. The zero-order chi connectivity index (χ0) is 16.4. The molecule has 1 aromatic carbocycles. The molecule has 9 heteroatoms. The molecule has 0 atom stereocenters. The number of aryl methyl sites for hydroxylation is 1. The summed E-state index contributed by atoms with van der Waals surface area (Å²) in [5, 5.41) is 2.87. The van der Waals surface area contributed by atoms with Gasteiger partial charge in [-0.25, -0.2) is 8.42 Å². The first kappa shape index (κ1) is 18.4. The molecule has 0 aromatic heterocycles. The Morgan fingerprint density at radius 3 is 2.38 bits per heavy atom. The van der Waals surface area contributed by atoms with Crippen LogP contribution in [0.2, 0.25) is 0 Å². The van der Waals surface area contributed by atoms with Crippen molar-refractivity contribution in [3.63, 3.8) is 0 Å². The van der Waals surface area contributed by atoms with E-state index >= 15 is 0 Å². The maximum absolute atomic E-state index is 12.4. The SMILES string of the molecule is CNCc1cc(C)c(Br)c(S(=O)(=O)N(C)CC(F)(F)F)c1.